The fraction of sp³-hybridized carbons (Fsp3) is 0.160. The first kappa shape index (κ1) is 21.1. The normalized spacial score (nSPS) is 11.6. The maximum absolute atomic E-state index is 15.1. The van der Waals surface area contributed by atoms with Gasteiger partial charge in [0.2, 0.25) is 0 Å². The van der Waals surface area contributed by atoms with Crippen LogP contribution in [-0.2, 0) is 6.54 Å². The van der Waals surface area contributed by atoms with E-state index in [1.54, 1.807) is 18.7 Å². The van der Waals surface area contributed by atoms with E-state index < -0.39 is 5.82 Å². The third-order valence-corrected chi connectivity index (χ3v) is 5.92. The Morgan fingerprint density at radius 1 is 1.11 bits per heavy atom. The molecule has 0 fully saturated rings. The Bertz CT molecular complexity index is 1680. The number of nitrogens with zero attached hydrogens (tertiary/aromatic N) is 6. The van der Waals surface area contributed by atoms with Gasteiger partial charge in [-0.15, -0.1) is 0 Å². The first-order valence-electron chi connectivity index (χ1n) is 11.3. The molecule has 35 heavy (non-hydrogen) atoms. The van der Waals surface area contributed by atoms with Gasteiger partial charge < -0.3 is 14.9 Å². The lowest BCUT2D eigenvalue weighted by atomic mass is 10.0. The highest BCUT2D eigenvalue weighted by atomic mass is 19.1. The highest BCUT2D eigenvalue weighted by molar-refractivity contribution is 5.96. The minimum absolute atomic E-state index is 0.249. The number of hydrogen-bond donors (Lipinski definition) is 3. The molecular weight excluding hydrogens is 445 g/mol. The van der Waals surface area contributed by atoms with Crippen molar-refractivity contribution in [1.82, 2.24) is 45.0 Å². The molecule has 0 saturated carbocycles. The zero-order valence-corrected chi connectivity index (χ0v) is 19.2. The second-order valence-corrected chi connectivity index (χ2v) is 8.35. The summed E-state index contributed by atoms with van der Waals surface area (Å²) in [7, 11) is 0. The van der Waals surface area contributed by atoms with Crippen LogP contribution in [0.4, 0.5) is 4.39 Å². The van der Waals surface area contributed by atoms with Crippen molar-refractivity contribution < 1.29 is 4.39 Å². The molecule has 6 aromatic rings. The summed E-state index contributed by atoms with van der Waals surface area (Å²) >= 11 is 0. The van der Waals surface area contributed by atoms with Gasteiger partial charge in [0, 0.05) is 42.3 Å². The van der Waals surface area contributed by atoms with Crippen LogP contribution in [-0.4, -0.2) is 46.2 Å². The van der Waals surface area contributed by atoms with Gasteiger partial charge in [0.05, 0.1) is 17.7 Å². The fourth-order valence-electron chi connectivity index (χ4n) is 4.22. The number of imidazole rings is 2. The van der Waals surface area contributed by atoms with Gasteiger partial charge in [0.15, 0.2) is 17.3 Å². The smallest absolute Gasteiger partial charge is 0.180 e. The number of pyridine rings is 2. The van der Waals surface area contributed by atoms with E-state index >= 15 is 4.39 Å². The average molecular weight is 468 g/mol. The van der Waals surface area contributed by atoms with Crippen LogP contribution in [0.1, 0.15) is 18.2 Å². The molecule has 3 N–H and O–H groups in total. The molecule has 174 valence electrons. The molecule has 0 radical (unpaired) electrons. The summed E-state index contributed by atoms with van der Waals surface area (Å²) in [5, 5.41) is 11.1. The predicted octanol–water partition coefficient (Wildman–Crippen LogP) is 4.31. The molecule has 5 aromatic heterocycles. The van der Waals surface area contributed by atoms with E-state index in [4.69, 9.17) is 0 Å². The summed E-state index contributed by atoms with van der Waals surface area (Å²) in [6.07, 6.45) is 8.93. The lowest BCUT2D eigenvalue weighted by molar-refractivity contribution is 0.636. The van der Waals surface area contributed by atoms with Gasteiger partial charge in [-0.3, -0.25) is 10.1 Å². The number of halogens is 1. The van der Waals surface area contributed by atoms with E-state index in [-0.39, 0.29) is 5.52 Å². The number of H-pyrrole nitrogens is 2. The molecule has 0 aliphatic carbocycles. The van der Waals surface area contributed by atoms with Crippen LogP contribution < -0.4 is 5.32 Å². The van der Waals surface area contributed by atoms with Gasteiger partial charge in [-0.05, 0) is 48.9 Å². The zero-order valence-electron chi connectivity index (χ0n) is 19.2. The van der Waals surface area contributed by atoms with Crippen LogP contribution in [0.25, 0.3) is 50.4 Å². The van der Waals surface area contributed by atoms with Crippen molar-refractivity contribution in [2.75, 3.05) is 6.54 Å². The number of benzene rings is 1. The van der Waals surface area contributed by atoms with Gasteiger partial charge in [0.25, 0.3) is 0 Å². The average Bonchev–Trinajstić information content (AvgIpc) is 3.60. The molecule has 1 aromatic carbocycles. The Morgan fingerprint density at radius 2 is 2.03 bits per heavy atom. The van der Waals surface area contributed by atoms with Gasteiger partial charge >= 0.3 is 0 Å². The summed E-state index contributed by atoms with van der Waals surface area (Å²) in [5.74, 6) is 0.107. The van der Waals surface area contributed by atoms with Gasteiger partial charge in [-0.2, -0.15) is 5.10 Å². The van der Waals surface area contributed by atoms with Crippen LogP contribution in [0.3, 0.4) is 0 Å². The molecule has 6 rings (SSSR count). The molecular formula is C25H22FN9. The lowest BCUT2D eigenvalue weighted by Gasteiger charge is -2.06. The first-order chi connectivity index (χ1) is 17.1. The monoisotopic (exact) mass is 467 g/mol. The Hall–Kier alpha value is -4.44. The minimum Gasteiger partial charge on any atom is -0.334 e. The molecule has 9 nitrogen and oxygen atoms in total. The van der Waals surface area contributed by atoms with E-state index in [1.807, 2.05) is 49.0 Å². The summed E-state index contributed by atoms with van der Waals surface area (Å²) in [5.41, 5.74) is 6.48. The summed E-state index contributed by atoms with van der Waals surface area (Å²) in [6, 6.07) is 7.30. The highest BCUT2D eigenvalue weighted by Gasteiger charge is 2.18. The highest BCUT2D eigenvalue weighted by Crippen LogP contribution is 2.32. The van der Waals surface area contributed by atoms with Crippen molar-refractivity contribution in [3.05, 3.63) is 72.5 Å². The SMILES string of the molecule is CCNCc1cncc(-c2cc(F)c3n[nH]c(-c4nc5nccc(-n6cnc(C)c6)c5[nH]4)c3c2)c1. The third-order valence-electron chi connectivity index (χ3n) is 5.92. The first-order valence-corrected chi connectivity index (χ1v) is 11.3. The van der Waals surface area contributed by atoms with Crippen molar-refractivity contribution in [3.8, 4) is 28.3 Å². The maximum atomic E-state index is 15.1. The van der Waals surface area contributed by atoms with Crippen molar-refractivity contribution in [2.24, 2.45) is 0 Å². The van der Waals surface area contributed by atoms with Crippen molar-refractivity contribution in [1.29, 1.82) is 0 Å². The number of aryl methyl sites for hydroxylation is 1. The largest absolute Gasteiger partial charge is 0.334 e. The molecule has 0 spiro atoms. The van der Waals surface area contributed by atoms with Crippen LogP contribution in [0, 0.1) is 12.7 Å². The van der Waals surface area contributed by atoms with E-state index in [1.165, 1.54) is 6.07 Å². The fourth-order valence-corrected chi connectivity index (χ4v) is 4.22. The molecule has 0 bridgehead atoms. The molecule has 0 unspecified atom stereocenters. The molecule has 5 heterocycles. The molecule has 10 heteroatoms. The number of fused-ring (bicyclic) bond motifs is 2. The zero-order chi connectivity index (χ0) is 23.9. The molecule has 0 saturated heterocycles. The van der Waals surface area contributed by atoms with Gasteiger partial charge in [-0.25, -0.2) is 19.3 Å². The van der Waals surface area contributed by atoms with Crippen molar-refractivity contribution >= 4 is 22.1 Å². The second kappa shape index (κ2) is 8.41. The van der Waals surface area contributed by atoms with Gasteiger partial charge in [-0.1, -0.05) is 6.92 Å². The van der Waals surface area contributed by atoms with Crippen LogP contribution in [0.2, 0.25) is 0 Å². The number of aromatic amines is 2. The predicted molar refractivity (Wildman–Crippen MR) is 131 cm³/mol. The lowest BCUT2D eigenvalue weighted by Crippen LogP contribution is -2.11. The second-order valence-electron chi connectivity index (χ2n) is 8.35. The van der Waals surface area contributed by atoms with E-state index in [2.05, 4.69) is 40.4 Å². The van der Waals surface area contributed by atoms with E-state index in [9.17, 15) is 0 Å². The van der Waals surface area contributed by atoms with Crippen molar-refractivity contribution in [2.45, 2.75) is 20.4 Å². The Morgan fingerprint density at radius 3 is 2.86 bits per heavy atom. The Balaban J connectivity index is 1.47. The Labute approximate surface area is 199 Å². The summed E-state index contributed by atoms with van der Waals surface area (Å²) < 4.78 is 17.0. The summed E-state index contributed by atoms with van der Waals surface area (Å²) in [4.78, 5) is 21.1. The molecule has 0 amide bonds. The Kier molecular flexibility index (Phi) is 5.07. The molecule has 0 aliphatic rings. The molecule has 0 aliphatic heterocycles. The number of rotatable bonds is 6. The standard InChI is InChI=1S/C25H22FN9/c1-3-27-9-15-6-17(11-28-10-15)16-7-18-21(19(26)8-16)33-34-22(18)25-31-23-20(4-5-29-24(23)32-25)35-12-14(2)30-13-35/h4-8,10-13,27H,3,9H2,1-2H3,(H,33,34)(H,29,31,32). The van der Waals surface area contributed by atoms with Crippen LogP contribution in [0.5, 0.6) is 0 Å². The maximum Gasteiger partial charge on any atom is 0.180 e. The quantitative estimate of drug-likeness (QED) is 0.337. The number of hydrogen-bond acceptors (Lipinski definition) is 6. The number of nitrogens with one attached hydrogen (secondary N) is 3. The van der Waals surface area contributed by atoms with Gasteiger partial charge in [0.1, 0.15) is 16.7 Å². The van der Waals surface area contributed by atoms with Crippen LogP contribution in [0.15, 0.2) is 55.4 Å². The van der Waals surface area contributed by atoms with Crippen molar-refractivity contribution in [3.63, 3.8) is 0 Å². The third kappa shape index (κ3) is 3.73. The van der Waals surface area contributed by atoms with E-state index in [0.29, 0.717) is 34.7 Å². The van der Waals surface area contributed by atoms with Crippen LogP contribution >= 0.6 is 0 Å². The summed E-state index contributed by atoms with van der Waals surface area (Å²) in [6.45, 7) is 5.54. The van der Waals surface area contributed by atoms with E-state index in [0.717, 1.165) is 34.6 Å². The topological polar surface area (TPSA) is 113 Å². The number of aromatic nitrogens is 8. The molecule has 0 atom stereocenters. The minimum atomic E-state index is -0.416.